The number of nitrogens with one attached hydrogen (secondary N) is 1. The van der Waals surface area contributed by atoms with E-state index < -0.39 is 14.9 Å². The molecule has 1 aromatic carbocycles. The zero-order valence-electron chi connectivity index (χ0n) is 11.8. The lowest BCUT2D eigenvalue weighted by Crippen LogP contribution is -2.41. The molecule has 2 rings (SSSR count). The van der Waals surface area contributed by atoms with Crippen LogP contribution in [0.2, 0.25) is 0 Å². The molecule has 0 heterocycles. The summed E-state index contributed by atoms with van der Waals surface area (Å²) in [7, 11) is -3.81. The van der Waals surface area contributed by atoms with Crippen molar-refractivity contribution < 1.29 is 13.3 Å². The first-order chi connectivity index (χ1) is 9.89. The van der Waals surface area contributed by atoms with E-state index in [0.29, 0.717) is 12.0 Å². The molecule has 116 valence electrons. The van der Waals surface area contributed by atoms with Gasteiger partial charge in [-0.25, -0.2) is 13.1 Å². The van der Waals surface area contributed by atoms with E-state index in [9.17, 15) is 18.5 Å². The van der Waals surface area contributed by atoms with E-state index in [2.05, 4.69) is 4.72 Å². The highest BCUT2D eigenvalue weighted by Gasteiger charge is 2.34. The van der Waals surface area contributed by atoms with Gasteiger partial charge in [0.15, 0.2) is 0 Å². The van der Waals surface area contributed by atoms with Crippen molar-refractivity contribution in [1.82, 2.24) is 4.72 Å². The first-order valence-corrected chi connectivity index (χ1v) is 8.37. The molecule has 1 fully saturated rings. The van der Waals surface area contributed by atoms with Crippen LogP contribution in [-0.4, -0.2) is 25.9 Å². The molecule has 1 unspecified atom stereocenters. The Balaban J connectivity index is 2.37. The first-order valence-electron chi connectivity index (χ1n) is 6.88. The molecule has 3 N–H and O–H groups in total. The van der Waals surface area contributed by atoms with Gasteiger partial charge in [0.25, 0.3) is 5.69 Å². The molecular weight excluding hydrogens is 294 g/mol. The number of nitrogens with two attached hydrogens (primary N) is 1. The van der Waals surface area contributed by atoms with Crippen LogP contribution in [0.15, 0.2) is 23.1 Å². The number of rotatable bonds is 7. The topological polar surface area (TPSA) is 115 Å². The van der Waals surface area contributed by atoms with Crippen LogP contribution >= 0.6 is 0 Å². The molecule has 7 nitrogen and oxygen atoms in total. The molecule has 1 aromatic rings. The molecule has 1 aliphatic rings. The van der Waals surface area contributed by atoms with Crippen molar-refractivity contribution in [2.75, 3.05) is 6.54 Å². The highest BCUT2D eigenvalue weighted by molar-refractivity contribution is 7.89. The lowest BCUT2D eigenvalue weighted by atomic mass is 10.1. The molecule has 8 heteroatoms. The molecule has 0 bridgehead atoms. The summed E-state index contributed by atoms with van der Waals surface area (Å²) >= 11 is 0. The number of sulfonamides is 1. The Morgan fingerprint density at radius 2 is 2.14 bits per heavy atom. The normalized spacial score (nSPS) is 16.7. The van der Waals surface area contributed by atoms with E-state index in [4.69, 9.17) is 5.73 Å². The number of nitrogens with zero attached hydrogens (tertiary/aromatic N) is 1. The Hall–Kier alpha value is -1.51. The van der Waals surface area contributed by atoms with Crippen molar-refractivity contribution in [1.29, 1.82) is 0 Å². The second-order valence-corrected chi connectivity index (χ2v) is 6.89. The van der Waals surface area contributed by atoms with Crippen molar-refractivity contribution in [2.24, 2.45) is 11.7 Å². The van der Waals surface area contributed by atoms with Crippen molar-refractivity contribution in [3.05, 3.63) is 33.9 Å². The SMILES string of the molecule is CCc1ccc([N+](=O)[O-])cc1S(=O)(=O)NC(CN)C1CC1. The second kappa shape index (κ2) is 6.08. The maximum Gasteiger partial charge on any atom is 0.270 e. The molecule has 0 amide bonds. The standard InChI is InChI=1S/C13H19N3O4S/c1-2-9-5-6-11(16(17)18)7-13(9)21(19,20)15-12(8-14)10-3-4-10/h5-7,10,12,15H,2-4,8,14H2,1H3. The van der Waals surface area contributed by atoms with E-state index in [-0.39, 0.29) is 29.1 Å². The third-order valence-electron chi connectivity index (χ3n) is 3.68. The number of nitro benzene ring substituents is 1. The highest BCUT2D eigenvalue weighted by atomic mass is 32.2. The van der Waals surface area contributed by atoms with Gasteiger partial charge < -0.3 is 5.73 Å². The maximum absolute atomic E-state index is 12.5. The lowest BCUT2D eigenvalue weighted by molar-refractivity contribution is -0.385. The summed E-state index contributed by atoms with van der Waals surface area (Å²) in [6, 6.07) is 3.61. The minimum absolute atomic E-state index is 0.0294. The predicted molar refractivity (Wildman–Crippen MR) is 78.4 cm³/mol. The van der Waals surface area contributed by atoms with Crippen LogP contribution in [0.25, 0.3) is 0 Å². The molecule has 0 aromatic heterocycles. The fraction of sp³-hybridized carbons (Fsp3) is 0.538. The van der Waals surface area contributed by atoms with Crippen LogP contribution in [0.4, 0.5) is 5.69 Å². The molecule has 0 aliphatic heterocycles. The Morgan fingerprint density at radius 1 is 1.48 bits per heavy atom. The summed E-state index contributed by atoms with van der Waals surface area (Å²) in [5.41, 5.74) is 5.93. The smallest absolute Gasteiger partial charge is 0.270 e. The van der Waals surface area contributed by atoms with Gasteiger partial charge in [0.1, 0.15) is 0 Å². The number of nitro groups is 1. The van der Waals surface area contributed by atoms with Crippen LogP contribution in [0, 0.1) is 16.0 Å². The highest BCUT2D eigenvalue weighted by Crippen LogP contribution is 2.33. The van der Waals surface area contributed by atoms with Gasteiger partial charge in [0, 0.05) is 24.7 Å². The zero-order chi connectivity index (χ0) is 15.6. The van der Waals surface area contributed by atoms with E-state index in [1.54, 1.807) is 0 Å². The second-order valence-electron chi connectivity index (χ2n) is 5.20. The fourth-order valence-electron chi connectivity index (χ4n) is 2.30. The van der Waals surface area contributed by atoms with Gasteiger partial charge in [-0.1, -0.05) is 13.0 Å². The van der Waals surface area contributed by atoms with E-state index in [1.165, 1.54) is 12.1 Å². The molecule has 0 saturated heterocycles. The quantitative estimate of drug-likeness (QED) is 0.579. The Labute approximate surface area is 123 Å². The van der Waals surface area contributed by atoms with Gasteiger partial charge in [-0.2, -0.15) is 0 Å². The van der Waals surface area contributed by atoms with Crippen LogP contribution in [-0.2, 0) is 16.4 Å². The van der Waals surface area contributed by atoms with Crippen LogP contribution in [0.1, 0.15) is 25.3 Å². The van der Waals surface area contributed by atoms with E-state index >= 15 is 0 Å². The summed E-state index contributed by atoms with van der Waals surface area (Å²) in [4.78, 5) is 10.2. The predicted octanol–water partition coefficient (Wildman–Crippen LogP) is 1.17. The van der Waals surface area contributed by atoms with Gasteiger partial charge in [-0.05, 0) is 30.7 Å². The summed E-state index contributed by atoms with van der Waals surface area (Å²) in [5, 5.41) is 10.8. The Morgan fingerprint density at radius 3 is 2.62 bits per heavy atom. The van der Waals surface area contributed by atoms with Crippen molar-refractivity contribution in [3.63, 3.8) is 0 Å². The third kappa shape index (κ3) is 3.58. The van der Waals surface area contributed by atoms with Gasteiger partial charge >= 0.3 is 0 Å². The number of benzene rings is 1. The summed E-state index contributed by atoms with van der Waals surface area (Å²) in [5.74, 6) is 0.272. The van der Waals surface area contributed by atoms with E-state index in [0.717, 1.165) is 18.9 Å². The van der Waals surface area contributed by atoms with Crippen molar-refractivity contribution in [2.45, 2.75) is 37.1 Å². The van der Waals surface area contributed by atoms with Gasteiger partial charge in [-0.15, -0.1) is 0 Å². The molecule has 1 atom stereocenters. The Bertz CT molecular complexity index is 641. The van der Waals surface area contributed by atoms with Crippen molar-refractivity contribution in [3.8, 4) is 0 Å². The third-order valence-corrected chi connectivity index (χ3v) is 5.26. The number of aryl methyl sites for hydroxylation is 1. The van der Waals surface area contributed by atoms with Crippen LogP contribution < -0.4 is 10.5 Å². The number of hydrogen-bond donors (Lipinski definition) is 2. The summed E-state index contributed by atoms with van der Waals surface area (Å²) in [6.07, 6.45) is 2.39. The first kappa shape index (κ1) is 15.9. The van der Waals surface area contributed by atoms with Gasteiger partial charge in [0.05, 0.1) is 9.82 Å². The maximum atomic E-state index is 12.5. The number of non-ortho nitro benzene ring substituents is 1. The van der Waals surface area contributed by atoms with E-state index in [1.807, 2.05) is 6.92 Å². The summed E-state index contributed by atoms with van der Waals surface area (Å²) in [6.45, 7) is 2.03. The zero-order valence-corrected chi connectivity index (χ0v) is 12.6. The minimum atomic E-state index is -3.81. The lowest BCUT2D eigenvalue weighted by Gasteiger charge is -2.17. The molecule has 1 saturated carbocycles. The van der Waals surface area contributed by atoms with Crippen LogP contribution in [0.5, 0.6) is 0 Å². The number of hydrogen-bond acceptors (Lipinski definition) is 5. The monoisotopic (exact) mass is 313 g/mol. The van der Waals surface area contributed by atoms with Gasteiger partial charge in [-0.3, -0.25) is 10.1 Å². The summed E-state index contributed by atoms with van der Waals surface area (Å²) < 4.78 is 27.6. The van der Waals surface area contributed by atoms with Gasteiger partial charge in [0.2, 0.25) is 10.0 Å². The molecular formula is C13H19N3O4S. The molecule has 0 spiro atoms. The average molecular weight is 313 g/mol. The molecule has 1 aliphatic carbocycles. The molecule has 21 heavy (non-hydrogen) atoms. The Kier molecular flexibility index (Phi) is 4.60. The molecule has 0 radical (unpaired) electrons. The average Bonchev–Trinajstić information content (AvgIpc) is 3.28. The fourth-order valence-corrected chi connectivity index (χ4v) is 3.94. The minimum Gasteiger partial charge on any atom is -0.329 e. The van der Waals surface area contributed by atoms with Crippen molar-refractivity contribution >= 4 is 15.7 Å². The largest absolute Gasteiger partial charge is 0.329 e. The van der Waals surface area contributed by atoms with Crippen LogP contribution in [0.3, 0.4) is 0 Å².